The minimum atomic E-state index is -1.50. The number of aromatic amines is 1. The molecule has 0 aromatic carbocycles. The number of primary amides is 1. The number of aliphatic carboxylic acids is 3. The molecule has 0 aliphatic carbocycles. The third kappa shape index (κ3) is 11.9. The molecule has 1 rings (SSSR count). The Hall–Kier alpha value is -4.54. The van der Waals surface area contributed by atoms with E-state index >= 15 is 0 Å². The van der Waals surface area contributed by atoms with Gasteiger partial charge >= 0.3 is 17.9 Å². The maximum absolute atomic E-state index is 12.9. The van der Waals surface area contributed by atoms with Crippen LogP contribution in [0.4, 0.5) is 0 Å². The molecule has 11 N–H and O–H groups in total. The highest BCUT2D eigenvalue weighted by Gasteiger charge is 2.31. The lowest BCUT2D eigenvalue weighted by molar-refractivity contribution is -0.142. The van der Waals surface area contributed by atoms with Crippen LogP contribution in [0.25, 0.3) is 0 Å². The highest BCUT2D eigenvalue weighted by molar-refractivity contribution is 5.94. The number of rotatable bonds is 18. The van der Waals surface area contributed by atoms with Crippen LogP contribution in [0.15, 0.2) is 12.5 Å². The molecule has 0 saturated carbocycles. The summed E-state index contributed by atoms with van der Waals surface area (Å²) in [6.07, 6.45) is 0.111. The third-order valence-electron chi connectivity index (χ3n) is 5.19. The van der Waals surface area contributed by atoms with Crippen molar-refractivity contribution in [3.8, 4) is 0 Å². The Morgan fingerprint density at radius 1 is 0.789 bits per heavy atom. The predicted molar refractivity (Wildman–Crippen MR) is 126 cm³/mol. The Bertz CT molecular complexity index is 1010. The number of aromatic nitrogens is 2. The zero-order valence-corrected chi connectivity index (χ0v) is 20.2. The van der Waals surface area contributed by atoms with Crippen LogP contribution in [0.1, 0.15) is 44.2 Å². The Balaban J connectivity index is 3.02. The lowest BCUT2D eigenvalue weighted by Crippen LogP contribution is -2.57. The molecule has 38 heavy (non-hydrogen) atoms. The van der Waals surface area contributed by atoms with Gasteiger partial charge in [0.05, 0.1) is 12.4 Å². The van der Waals surface area contributed by atoms with Gasteiger partial charge in [-0.05, 0) is 19.3 Å². The molecule has 1 aromatic heterocycles. The molecule has 0 spiro atoms. The number of nitrogens with zero attached hydrogens (tertiary/aromatic N) is 1. The van der Waals surface area contributed by atoms with Crippen LogP contribution < -0.4 is 27.4 Å². The molecule has 0 fully saturated rings. The molecule has 0 aliphatic heterocycles. The van der Waals surface area contributed by atoms with Crippen LogP contribution in [0.5, 0.6) is 0 Å². The Morgan fingerprint density at radius 2 is 1.29 bits per heavy atom. The minimum absolute atomic E-state index is 0.177. The SMILES string of the molecule is NC(=O)CCC(NC(=O)C(CCC(=O)O)NC(=O)C(N)CCC(=O)O)C(=O)NC(Cc1cnc[nH]1)C(=O)O. The van der Waals surface area contributed by atoms with Crippen LogP contribution in [0.2, 0.25) is 0 Å². The molecule has 17 heteroatoms. The second kappa shape index (κ2) is 15.5. The normalized spacial score (nSPS) is 13.8. The fourth-order valence-electron chi connectivity index (χ4n) is 3.14. The van der Waals surface area contributed by atoms with E-state index in [1.807, 2.05) is 0 Å². The van der Waals surface area contributed by atoms with Crippen molar-refractivity contribution in [1.82, 2.24) is 25.9 Å². The first-order valence-electron chi connectivity index (χ1n) is 11.4. The number of nitrogens with two attached hydrogens (primary N) is 2. The van der Waals surface area contributed by atoms with Gasteiger partial charge in [0.1, 0.15) is 18.1 Å². The van der Waals surface area contributed by atoms with Crippen molar-refractivity contribution >= 4 is 41.5 Å². The maximum Gasteiger partial charge on any atom is 0.326 e. The molecule has 0 radical (unpaired) electrons. The average Bonchev–Trinajstić information content (AvgIpc) is 3.34. The lowest BCUT2D eigenvalue weighted by atomic mass is 10.1. The molecule has 0 bridgehead atoms. The fourth-order valence-corrected chi connectivity index (χ4v) is 3.14. The van der Waals surface area contributed by atoms with Crippen molar-refractivity contribution in [3.05, 3.63) is 18.2 Å². The van der Waals surface area contributed by atoms with Crippen molar-refractivity contribution in [2.45, 2.75) is 69.1 Å². The van der Waals surface area contributed by atoms with Gasteiger partial charge in [-0.3, -0.25) is 28.8 Å². The molecular formula is C21H31N7O10. The van der Waals surface area contributed by atoms with Gasteiger partial charge in [-0.2, -0.15) is 0 Å². The summed E-state index contributed by atoms with van der Waals surface area (Å²) in [5.41, 5.74) is 11.2. The number of hydrogen-bond acceptors (Lipinski definition) is 9. The Kier molecular flexibility index (Phi) is 12.9. The summed E-state index contributed by atoms with van der Waals surface area (Å²) < 4.78 is 0. The molecule has 1 aromatic rings. The van der Waals surface area contributed by atoms with Gasteiger partial charge in [0.25, 0.3) is 0 Å². The molecule has 4 unspecified atom stereocenters. The standard InChI is InChI=1S/C21H31N7O10/c22-11(1-5-16(30)31)18(34)26-13(3-6-17(32)33)19(35)27-12(2-4-15(23)29)20(36)28-14(21(37)38)7-10-8-24-9-25-10/h8-9,11-14H,1-7,22H2,(H2,23,29)(H,24,25)(H,26,34)(H,27,35)(H,28,36)(H,30,31)(H,32,33)(H,37,38). The van der Waals surface area contributed by atoms with E-state index in [4.69, 9.17) is 21.7 Å². The van der Waals surface area contributed by atoms with E-state index in [1.165, 1.54) is 12.5 Å². The summed E-state index contributed by atoms with van der Waals surface area (Å²) in [6.45, 7) is 0. The molecule has 210 valence electrons. The van der Waals surface area contributed by atoms with Crippen molar-refractivity contribution in [2.75, 3.05) is 0 Å². The summed E-state index contributed by atoms with van der Waals surface area (Å²) >= 11 is 0. The molecule has 1 heterocycles. The van der Waals surface area contributed by atoms with Gasteiger partial charge in [-0.25, -0.2) is 9.78 Å². The molecule has 0 aliphatic rings. The summed E-state index contributed by atoms with van der Waals surface area (Å²) in [6, 6.07) is -5.74. The second-order valence-electron chi connectivity index (χ2n) is 8.28. The minimum Gasteiger partial charge on any atom is -0.481 e. The number of H-pyrrole nitrogens is 1. The number of carboxylic acids is 3. The fraction of sp³-hybridized carbons (Fsp3) is 0.524. The van der Waals surface area contributed by atoms with E-state index in [0.717, 1.165) is 0 Å². The zero-order valence-electron chi connectivity index (χ0n) is 20.2. The van der Waals surface area contributed by atoms with Gasteiger partial charge in [-0.1, -0.05) is 0 Å². The molecule has 17 nitrogen and oxygen atoms in total. The number of amides is 4. The monoisotopic (exact) mass is 541 g/mol. The van der Waals surface area contributed by atoms with Gasteiger partial charge in [-0.15, -0.1) is 0 Å². The summed E-state index contributed by atoms with van der Waals surface area (Å²) in [4.78, 5) is 89.3. The number of nitrogens with one attached hydrogen (secondary N) is 4. The van der Waals surface area contributed by atoms with E-state index in [2.05, 4.69) is 25.9 Å². The van der Waals surface area contributed by atoms with Crippen molar-refractivity contribution in [3.63, 3.8) is 0 Å². The second-order valence-corrected chi connectivity index (χ2v) is 8.28. The summed E-state index contributed by atoms with van der Waals surface area (Å²) in [5, 5.41) is 34.0. The van der Waals surface area contributed by atoms with E-state index in [0.29, 0.717) is 5.69 Å². The number of carbonyl (C=O) groups is 7. The van der Waals surface area contributed by atoms with Crippen LogP contribution in [-0.2, 0) is 40.0 Å². The van der Waals surface area contributed by atoms with Crippen molar-refractivity contribution < 1.29 is 48.9 Å². The maximum atomic E-state index is 12.9. The number of hydrogen-bond donors (Lipinski definition) is 9. The summed E-state index contributed by atoms with van der Waals surface area (Å²) in [5.74, 6) is -7.63. The third-order valence-corrected chi connectivity index (χ3v) is 5.19. The first-order chi connectivity index (χ1) is 17.8. The molecule has 4 atom stereocenters. The quantitative estimate of drug-likeness (QED) is 0.0888. The Labute approximate surface area is 215 Å². The highest BCUT2D eigenvalue weighted by atomic mass is 16.4. The van der Waals surface area contributed by atoms with Crippen LogP contribution in [-0.4, -0.2) is 91.0 Å². The summed E-state index contributed by atoms with van der Waals surface area (Å²) in [7, 11) is 0. The highest BCUT2D eigenvalue weighted by Crippen LogP contribution is 2.06. The van der Waals surface area contributed by atoms with Gasteiger partial charge in [0.15, 0.2) is 0 Å². The van der Waals surface area contributed by atoms with E-state index in [1.54, 1.807) is 0 Å². The molecular weight excluding hydrogens is 510 g/mol. The number of carboxylic acid groups (broad SMARTS) is 3. The van der Waals surface area contributed by atoms with Crippen LogP contribution >= 0.6 is 0 Å². The van der Waals surface area contributed by atoms with Gasteiger partial charge in [0.2, 0.25) is 23.6 Å². The van der Waals surface area contributed by atoms with Crippen molar-refractivity contribution in [1.29, 1.82) is 0 Å². The van der Waals surface area contributed by atoms with Crippen LogP contribution in [0.3, 0.4) is 0 Å². The predicted octanol–water partition coefficient (Wildman–Crippen LogP) is -3.19. The first-order valence-corrected chi connectivity index (χ1v) is 11.4. The van der Waals surface area contributed by atoms with Crippen molar-refractivity contribution in [2.24, 2.45) is 11.5 Å². The number of carbonyl (C=O) groups excluding carboxylic acids is 4. The first kappa shape index (κ1) is 31.5. The molecule has 0 saturated heterocycles. The van der Waals surface area contributed by atoms with E-state index < -0.39 is 85.0 Å². The van der Waals surface area contributed by atoms with Crippen LogP contribution in [0, 0.1) is 0 Å². The Morgan fingerprint density at radius 3 is 1.76 bits per heavy atom. The largest absolute Gasteiger partial charge is 0.481 e. The zero-order chi connectivity index (χ0) is 28.8. The topological polar surface area (TPSA) is 297 Å². The number of imidazole rings is 1. The average molecular weight is 542 g/mol. The van der Waals surface area contributed by atoms with E-state index in [9.17, 15) is 38.7 Å². The van der Waals surface area contributed by atoms with Gasteiger partial charge in [0, 0.05) is 37.6 Å². The lowest BCUT2D eigenvalue weighted by Gasteiger charge is -2.25. The smallest absolute Gasteiger partial charge is 0.326 e. The van der Waals surface area contributed by atoms with E-state index in [-0.39, 0.29) is 25.7 Å². The van der Waals surface area contributed by atoms with Gasteiger partial charge < -0.3 is 47.7 Å². The molecule has 4 amide bonds.